The zero-order chi connectivity index (χ0) is 15.6. The van der Waals surface area contributed by atoms with Gasteiger partial charge in [0.2, 0.25) is 11.5 Å². The lowest BCUT2D eigenvalue weighted by Gasteiger charge is -2.13. The predicted octanol–water partition coefficient (Wildman–Crippen LogP) is 1.26. The minimum absolute atomic E-state index is 0.119. The maximum Gasteiger partial charge on any atom is 0.281 e. The van der Waals surface area contributed by atoms with E-state index in [4.69, 9.17) is 17.3 Å². The monoisotopic (exact) mass is 309 g/mol. The molecule has 1 aromatic heterocycles. The van der Waals surface area contributed by atoms with Crippen LogP contribution in [-0.2, 0) is 0 Å². The van der Waals surface area contributed by atoms with Crippen LogP contribution in [0, 0.1) is 0 Å². The fourth-order valence-corrected chi connectivity index (χ4v) is 1.75. The third kappa shape index (κ3) is 3.11. The Morgan fingerprint density at radius 3 is 2.62 bits per heavy atom. The molecule has 1 aromatic carbocycles. The maximum atomic E-state index is 12.0. The summed E-state index contributed by atoms with van der Waals surface area (Å²) < 4.78 is 4.35. The number of benzene rings is 1. The van der Waals surface area contributed by atoms with Crippen molar-refractivity contribution >= 4 is 34.9 Å². The van der Waals surface area contributed by atoms with Crippen LogP contribution in [0.4, 0.5) is 11.5 Å². The van der Waals surface area contributed by atoms with Crippen LogP contribution in [0.3, 0.4) is 0 Å². The largest absolute Gasteiger partial charge is 0.379 e. The first kappa shape index (κ1) is 14.8. The molecule has 0 radical (unpaired) electrons. The average molecular weight is 310 g/mol. The lowest BCUT2D eigenvalue weighted by atomic mass is 10.1. The molecule has 3 N–H and O–H groups in total. The van der Waals surface area contributed by atoms with E-state index in [-0.39, 0.29) is 28.0 Å². The van der Waals surface area contributed by atoms with E-state index >= 15 is 0 Å². The second kappa shape index (κ2) is 5.80. The summed E-state index contributed by atoms with van der Waals surface area (Å²) in [4.78, 5) is 25.3. The van der Waals surface area contributed by atoms with Crippen LogP contribution in [0.1, 0.15) is 20.8 Å². The molecular formula is C12H12ClN5O3. The fraction of sp³-hybridized carbons (Fsp3) is 0.167. The first-order valence-electron chi connectivity index (χ1n) is 5.80. The topological polar surface area (TPSA) is 114 Å². The van der Waals surface area contributed by atoms with Crippen LogP contribution in [0.15, 0.2) is 22.8 Å². The molecule has 2 amide bonds. The number of carbonyl (C=O) groups excluding carboxylic acids is 2. The van der Waals surface area contributed by atoms with Crippen molar-refractivity contribution < 1.29 is 14.2 Å². The summed E-state index contributed by atoms with van der Waals surface area (Å²) in [5, 5.41) is 9.52. The van der Waals surface area contributed by atoms with Crippen LogP contribution in [-0.4, -0.2) is 41.1 Å². The summed E-state index contributed by atoms with van der Waals surface area (Å²) in [5.74, 6) is -0.996. The van der Waals surface area contributed by atoms with Crippen molar-refractivity contribution in [1.29, 1.82) is 0 Å². The summed E-state index contributed by atoms with van der Waals surface area (Å²) in [6.45, 7) is 0. The summed E-state index contributed by atoms with van der Waals surface area (Å²) in [7, 11) is 3.21. The average Bonchev–Trinajstić information content (AvgIpc) is 2.86. The highest BCUT2D eigenvalue weighted by Gasteiger charge is 2.18. The van der Waals surface area contributed by atoms with E-state index in [1.54, 1.807) is 20.2 Å². The van der Waals surface area contributed by atoms with Gasteiger partial charge in [-0.05, 0) is 28.5 Å². The Morgan fingerprint density at radius 2 is 2.05 bits per heavy atom. The van der Waals surface area contributed by atoms with E-state index in [9.17, 15) is 9.59 Å². The SMILES string of the molecule is CN(C)C(=O)c1cc(NC(=O)c2nonc2N)ccc1Cl. The zero-order valence-electron chi connectivity index (χ0n) is 11.3. The minimum Gasteiger partial charge on any atom is -0.379 e. The van der Waals surface area contributed by atoms with Gasteiger partial charge in [0.05, 0.1) is 10.6 Å². The lowest BCUT2D eigenvalue weighted by Crippen LogP contribution is -2.22. The molecule has 0 aliphatic heterocycles. The molecule has 0 unspecified atom stereocenters. The van der Waals surface area contributed by atoms with Crippen LogP contribution < -0.4 is 11.1 Å². The number of amides is 2. The van der Waals surface area contributed by atoms with Gasteiger partial charge in [0.15, 0.2) is 0 Å². The Bertz CT molecular complexity index is 698. The molecule has 0 spiro atoms. The molecule has 0 saturated carbocycles. The van der Waals surface area contributed by atoms with Crippen LogP contribution in [0.5, 0.6) is 0 Å². The van der Waals surface area contributed by atoms with Crippen molar-refractivity contribution in [3.05, 3.63) is 34.5 Å². The highest BCUT2D eigenvalue weighted by molar-refractivity contribution is 6.34. The first-order valence-corrected chi connectivity index (χ1v) is 6.18. The van der Waals surface area contributed by atoms with Gasteiger partial charge >= 0.3 is 0 Å². The summed E-state index contributed by atoms with van der Waals surface area (Å²) in [6, 6.07) is 4.53. The Kier molecular flexibility index (Phi) is 4.08. The summed E-state index contributed by atoms with van der Waals surface area (Å²) in [5.41, 5.74) is 5.93. The number of rotatable bonds is 3. The van der Waals surface area contributed by atoms with Crippen molar-refractivity contribution in [2.24, 2.45) is 0 Å². The third-order valence-corrected chi connectivity index (χ3v) is 2.92. The van der Waals surface area contributed by atoms with Crippen molar-refractivity contribution in [3.63, 3.8) is 0 Å². The molecule has 0 aliphatic carbocycles. The molecular weight excluding hydrogens is 298 g/mol. The quantitative estimate of drug-likeness (QED) is 0.882. The predicted molar refractivity (Wildman–Crippen MR) is 76.1 cm³/mol. The Balaban J connectivity index is 2.26. The number of nitrogens with zero attached hydrogens (tertiary/aromatic N) is 3. The second-order valence-corrected chi connectivity index (χ2v) is 4.75. The summed E-state index contributed by atoms with van der Waals surface area (Å²) in [6.07, 6.45) is 0. The van der Waals surface area contributed by atoms with Gasteiger partial charge < -0.3 is 16.0 Å². The van der Waals surface area contributed by atoms with E-state index in [2.05, 4.69) is 20.3 Å². The Labute approximate surface area is 124 Å². The van der Waals surface area contributed by atoms with Crippen LogP contribution >= 0.6 is 11.6 Å². The van der Waals surface area contributed by atoms with E-state index in [1.165, 1.54) is 17.0 Å². The normalized spacial score (nSPS) is 10.2. The van der Waals surface area contributed by atoms with E-state index in [1.807, 2.05) is 0 Å². The highest BCUT2D eigenvalue weighted by atomic mass is 35.5. The fourth-order valence-electron chi connectivity index (χ4n) is 1.55. The van der Waals surface area contributed by atoms with Crippen molar-refractivity contribution in [3.8, 4) is 0 Å². The van der Waals surface area contributed by atoms with E-state index in [0.717, 1.165) is 0 Å². The highest BCUT2D eigenvalue weighted by Crippen LogP contribution is 2.22. The molecule has 0 atom stereocenters. The molecule has 2 rings (SSSR count). The molecule has 21 heavy (non-hydrogen) atoms. The summed E-state index contributed by atoms with van der Waals surface area (Å²) >= 11 is 5.98. The number of nitrogens with one attached hydrogen (secondary N) is 1. The second-order valence-electron chi connectivity index (χ2n) is 4.35. The van der Waals surface area contributed by atoms with Gasteiger partial charge in [-0.1, -0.05) is 11.6 Å². The van der Waals surface area contributed by atoms with E-state index in [0.29, 0.717) is 5.69 Å². The van der Waals surface area contributed by atoms with Gasteiger partial charge in [-0.15, -0.1) is 0 Å². The van der Waals surface area contributed by atoms with Gasteiger partial charge in [-0.25, -0.2) is 4.63 Å². The smallest absolute Gasteiger partial charge is 0.281 e. The molecule has 0 bridgehead atoms. The molecule has 2 aromatic rings. The lowest BCUT2D eigenvalue weighted by molar-refractivity contribution is 0.0827. The van der Waals surface area contributed by atoms with Crippen LogP contribution in [0.25, 0.3) is 0 Å². The number of anilines is 2. The molecule has 9 heteroatoms. The number of nitrogen functional groups attached to an aromatic ring is 1. The number of nitrogens with two attached hydrogens (primary N) is 1. The van der Waals surface area contributed by atoms with Crippen molar-refractivity contribution in [2.45, 2.75) is 0 Å². The number of hydrogen-bond donors (Lipinski definition) is 2. The van der Waals surface area contributed by atoms with Gasteiger partial charge in [0.1, 0.15) is 0 Å². The standard InChI is InChI=1S/C12H12ClN5O3/c1-18(2)12(20)7-5-6(3-4-8(7)13)15-11(19)9-10(14)17-21-16-9/h3-5H,1-2H3,(H2,14,17)(H,15,19). The minimum atomic E-state index is -0.598. The van der Waals surface area contributed by atoms with Gasteiger partial charge in [0.25, 0.3) is 11.8 Å². The molecule has 0 aliphatic rings. The van der Waals surface area contributed by atoms with E-state index < -0.39 is 5.91 Å². The Morgan fingerprint density at radius 1 is 1.33 bits per heavy atom. The molecule has 1 heterocycles. The first-order chi connectivity index (χ1) is 9.90. The molecule has 0 saturated heterocycles. The Hall–Kier alpha value is -2.61. The molecule has 0 fully saturated rings. The van der Waals surface area contributed by atoms with Gasteiger partial charge in [-0.2, -0.15) is 0 Å². The van der Waals surface area contributed by atoms with Gasteiger partial charge in [-0.3, -0.25) is 9.59 Å². The zero-order valence-corrected chi connectivity index (χ0v) is 12.0. The molecule has 8 nitrogen and oxygen atoms in total. The number of carbonyl (C=O) groups is 2. The third-order valence-electron chi connectivity index (χ3n) is 2.59. The van der Waals surface area contributed by atoms with Crippen LogP contribution in [0.2, 0.25) is 5.02 Å². The van der Waals surface area contributed by atoms with Crippen molar-refractivity contribution in [1.82, 2.24) is 15.2 Å². The number of halogens is 1. The molecule has 110 valence electrons. The number of aromatic nitrogens is 2. The van der Waals surface area contributed by atoms with Crippen molar-refractivity contribution in [2.75, 3.05) is 25.1 Å². The number of hydrogen-bond acceptors (Lipinski definition) is 6. The maximum absolute atomic E-state index is 12.0. The van der Waals surface area contributed by atoms with Gasteiger partial charge in [0, 0.05) is 19.8 Å².